The molecule has 3 aliphatic heterocycles. The fraction of sp³-hybridized carbons (Fsp3) is 0.457. The van der Waals surface area contributed by atoms with Crippen molar-refractivity contribution in [1.82, 2.24) is 10.2 Å². The van der Waals surface area contributed by atoms with Crippen molar-refractivity contribution in [3.8, 4) is 0 Å². The molecule has 278 valence electrons. The van der Waals surface area contributed by atoms with Crippen molar-refractivity contribution in [2.45, 2.75) is 36.2 Å². The lowest BCUT2D eigenvalue weighted by molar-refractivity contribution is -0.138. The summed E-state index contributed by atoms with van der Waals surface area (Å²) in [6.45, 7) is 5.98. The summed E-state index contributed by atoms with van der Waals surface area (Å²) in [4.78, 5) is 21.1. The van der Waals surface area contributed by atoms with Crippen molar-refractivity contribution in [3.63, 3.8) is 0 Å². The van der Waals surface area contributed by atoms with E-state index in [0.717, 1.165) is 68.8 Å². The number of carbonyl (C=O) groups excluding carboxylic acids is 1. The second-order valence-corrected chi connectivity index (χ2v) is 14.8. The minimum atomic E-state index is -4.40. The smallest absolute Gasteiger partial charge is 0.391 e. The summed E-state index contributed by atoms with van der Waals surface area (Å²) in [5.41, 5.74) is 1.06. The highest BCUT2D eigenvalue weighted by Gasteiger charge is 2.32. The molecule has 2 N–H and O–H groups in total. The largest absolute Gasteiger partial charge is 0.416 e. The van der Waals surface area contributed by atoms with E-state index in [0.29, 0.717) is 57.1 Å². The number of carbonyl (C=O) groups is 1. The molecule has 9 nitrogen and oxygen atoms in total. The molecule has 0 bridgehead atoms. The molecular weight excluding hydrogens is 700 g/mol. The van der Waals surface area contributed by atoms with Crippen LogP contribution in [0.2, 0.25) is 0 Å². The fourth-order valence-electron chi connectivity index (χ4n) is 6.35. The quantitative estimate of drug-likeness (QED) is 0.347. The number of piperazine rings is 2. The van der Waals surface area contributed by atoms with Crippen molar-refractivity contribution in [2.75, 3.05) is 86.4 Å². The predicted octanol–water partition coefficient (Wildman–Crippen LogP) is 5.15. The lowest BCUT2D eigenvalue weighted by Crippen LogP contribution is -2.49. The number of hydrogen-bond donors (Lipinski definition) is 2. The van der Waals surface area contributed by atoms with Gasteiger partial charge < -0.3 is 30.0 Å². The molecule has 0 saturated carbocycles. The Morgan fingerprint density at radius 3 is 1.71 bits per heavy atom. The first-order valence-corrected chi connectivity index (χ1v) is 18.5. The van der Waals surface area contributed by atoms with Gasteiger partial charge in [-0.1, -0.05) is 0 Å². The molecule has 3 aromatic carbocycles. The number of halogens is 6. The SMILES string of the molecule is CS(=O)(=O)c1ccc(N2CCCC(O)C2)c(C(=O)N2CCN(c3ccc(C(F)(F)F)cc3)CC2)c1.FC(F)(F)c1ccc(N2CCNCC2)cc1. The molecule has 51 heavy (non-hydrogen) atoms. The van der Waals surface area contributed by atoms with Crippen LogP contribution >= 0.6 is 0 Å². The molecule has 6 rings (SSSR count). The number of alkyl halides is 6. The summed E-state index contributed by atoms with van der Waals surface area (Å²) in [5, 5.41) is 13.3. The van der Waals surface area contributed by atoms with Crippen molar-refractivity contribution in [3.05, 3.63) is 83.4 Å². The molecule has 16 heteroatoms. The summed E-state index contributed by atoms with van der Waals surface area (Å²) in [6.07, 6.45) is -6.65. The maximum Gasteiger partial charge on any atom is 0.416 e. The van der Waals surface area contributed by atoms with Crippen molar-refractivity contribution in [2.24, 2.45) is 0 Å². The molecule has 3 aromatic rings. The van der Waals surface area contributed by atoms with Gasteiger partial charge in [0.2, 0.25) is 0 Å². The van der Waals surface area contributed by atoms with Crippen LogP contribution in [-0.2, 0) is 22.2 Å². The first-order valence-electron chi connectivity index (χ1n) is 16.6. The number of anilines is 3. The van der Waals surface area contributed by atoms with Gasteiger partial charge in [-0.25, -0.2) is 8.42 Å². The minimum Gasteiger partial charge on any atom is -0.391 e. The van der Waals surface area contributed by atoms with Gasteiger partial charge in [-0.15, -0.1) is 0 Å². The summed E-state index contributed by atoms with van der Waals surface area (Å²) >= 11 is 0. The van der Waals surface area contributed by atoms with E-state index in [4.69, 9.17) is 0 Å². The molecule has 1 atom stereocenters. The Morgan fingerprint density at radius 2 is 1.24 bits per heavy atom. The third-order valence-corrected chi connectivity index (χ3v) is 10.3. The Hall–Kier alpha value is -4.02. The number of benzene rings is 3. The number of piperidine rings is 1. The third-order valence-electron chi connectivity index (χ3n) is 9.17. The van der Waals surface area contributed by atoms with E-state index >= 15 is 0 Å². The molecule has 3 saturated heterocycles. The number of sulfone groups is 1. The maximum atomic E-state index is 13.5. The van der Waals surface area contributed by atoms with E-state index in [1.165, 1.54) is 36.4 Å². The summed E-state index contributed by atoms with van der Waals surface area (Å²) in [6, 6.07) is 14.8. The number of aliphatic hydroxyl groups excluding tert-OH is 1. The molecule has 0 radical (unpaired) electrons. The van der Waals surface area contributed by atoms with E-state index in [1.54, 1.807) is 11.0 Å². The number of rotatable bonds is 5. The topological polar surface area (TPSA) is 96.4 Å². The Labute approximate surface area is 293 Å². The van der Waals surface area contributed by atoms with Gasteiger partial charge in [-0.2, -0.15) is 26.3 Å². The molecule has 0 spiro atoms. The van der Waals surface area contributed by atoms with E-state index < -0.39 is 39.4 Å². The van der Waals surface area contributed by atoms with Gasteiger partial charge in [0, 0.05) is 88.8 Å². The molecule has 1 amide bonds. The van der Waals surface area contributed by atoms with Crippen LogP contribution in [0.1, 0.15) is 34.3 Å². The summed E-state index contributed by atoms with van der Waals surface area (Å²) < 4.78 is 99.8. The second kappa shape index (κ2) is 15.7. The molecule has 3 fully saturated rings. The van der Waals surface area contributed by atoms with E-state index in [9.17, 15) is 44.7 Å². The van der Waals surface area contributed by atoms with Crippen LogP contribution in [0.5, 0.6) is 0 Å². The number of nitrogens with one attached hydrogen (secondary N) is 1. The van der Waals surface area contributed by atoms with Gasteiger partial charge in [0.1, 0.15) is 0 Å². The van der Waals surface area contributed by atoms with Crippen molar-refractivity contribution >= 4 is 32.8 Å². The van der Waals surface area contributed by atoms with Gasteiger partial charge >= 0.3 is 12.4 Å². The van der Waals surface area contributed by atoms with Crippen LogP contribution in [0.15, 0.2) is 71.6 Å². The van der Waals surface area contributed by atoms with E-state index in [2.05, 4.69) is 10.2 Å². The summed E-state index contributed by atoms with van der Waals surface area (Å²) in [7, 11) is -3.53. The number of nitrogens with zero attached hydrogens (tertiary/aromatic N) is 4. The minimum absolute atomic E-state index is 0.0468. The zero-order chi connectivity index (χ0) is 37.0. The first-order chi connectivity index (χ1) is 24.0. The van der Waals surface area contributed by atoms with E-state index in [1.807, 2.05) is 9.80 Å². The van der Waals surface area contributed by atoms with Gasteiger partial charge in [0.05, 0.1) is 27.7 Å². The Bertz CT molecular complexity index is 1740. The Kier molecular flexibility index (Phi) is 11.8. The highest BCUT2D eigenvalue weighted by atomic mass is 32.2. The standard InChI is InChI=1S/C24H28F3N3O4S.C11H13F3N2/c1-35(33,34)20-8-9-22(30-10-2-3-19(31)16-30)21(15-20)23(32)29-13-11-28(12-14-29)18-6-4-17(5-7-18)24(25,26)27;12-11(13,14)9-1-3-10(4-2-9)16-7-5-15-6-8-16/h4-9,15,19,31H,2-3,10-14,16H2,1H3;1-4,15H,5-8H2. The molecule has 3 heterocycles. The van der Waals surface area contributed by atoms with Crippen LogP contribution in [0.3, 0.4) is 0 Å². The third kappa shape index (κ3) is 9.86. The highest BCUT2D eigenvalue weighted by Crippen LogP contribution is 2.33. The Morgan fingerprint density at radius 1 is 0.725 bits per heavy atom. The Balaban J connectivity index is 0.000000262. The first kappa shape index (κ1) is 38.2. The molecule has 0 aromatic heterocycles. The summed E-state index contributed by atoms with van der Waals surface area (Å²) in [5.74, 6) is -0.308. The molecule has 1 unspecified atom stereocenters. The number of β-amino-alcohol motifs (C(OH)–C–C–N with tert-alkyl or cyclic N) is 1. The highest BCUT2D eigenvalue weighted by molar-refractivity contribution is 7.90. The molecule has 0 aliphatic carbocycles. The van der Waals surface area contributed by atoms with Gasteiger partial charge in [-0.3, -0.25) is 4.79 Å². The van der Waals surface area contributed by atoms with E-state index in [-0.39, 0.29) is 16.4 Å². The van der Waals surface area contributed by atoms with Crippen LogP contribution in [0.25, 0.3) is 0 Å². The number of hydrogen-bond acceptors (Lipinski definition) is 8. The normalized spacial score (nSPS) is 19.0. The zero-order valence-corrected chi connectivity index (χ0v) is 28.9. The van der Waals surface area contributed by atoms with Crippen molar-refractivity contribution < 1.29 is 44.7 Å². The lowest BCUT2D eigenvalue weighted by Gasteiger charge is -2.38. The van der Waals surface area contributed by atoms with Crippen LogP contribution < -0.4 is 20.0 Å². The van der Waals surface area contributed by atoms with Gasteiger partial charge in [-0.05, 0) is 79.6 Å². The van der Waals surface area contributed by atoms with Crippen LogP contribution in [0, 0.1) is 0 Å². The van der Waals surface area contributed by atoms with Crippen LogP contribution in [0.4, 0.5) is 43.4 Å². The molecule has 3 aliphatic rings. The van der Waals surface area contributed by atoms with Gasteiger partial charge in [0.25, 0.3) is 5.91 Å². The maximum absolute atomic E-state index is 13.5. The predicted molar refractivity (Wildman–Crippen MR) is 183 cm³/mol. The lowest BCUT2D eigenvalue weighted by atomic mass is 10.0. The van der Waals surface area contributed by atoms with Crippen LogP contribution in [-0.4, -0.2) is 102 Å². The number of amides is 1. The van der Waals surface area contributed by atoms with Crippen molar-refractivity contribution in [1.29, 1.82) is 0 Å². The molecular formula is C35H41F6N5O4S. The number of aliphatic hydroxyl groups is 1. The van der Waals surface area contributed by atoms with Gasteiger partial charge in [0.15, 0.2) is 9.84 Å². The monoisotopic (exact) mass is 741 g/mol. The fourth-order valence-corrected chi connectivity index (χ4v) is 7.00. The second-order valence-electron chi connectivity index (χ2n) is 12.8. The zero-order valence-electron chi connectivity index (χ0n) is 28.1. The average Bonchev–Trinajstić information content (AvgIpc) is 3.11. The average molecular weight is 742 g/mol.